The molecule has 0 radical (unpaired) electrons. The highest BCUT2D eigenvalue weighted by Gasteiger charge is 2.33. The number of aliphatic hydroxyl groups is 1. The van der Waals surface area contributed by atoms with Gasteiger partial charge in [0.2, 0.25) is 0 Å². The molecule has 2 aromatic rings. The first-order chi connectivity index (χ1) is 11.2. The molecular formula is C18H24N4O. The van der Waals surface area contributed by atoms with E-state index in [1.54, 1.807) is 6.33 Å². The second-order valence-electron chi connectivity index (χ2n) is 7.00. The standard InChI is InChI=1S/C18H24N4O/c1-12-2-7-17-16(8-12)18(20-11-19-17)21-13-3-5-14(6-4-13)22-9-15(23)10-22/h2,7-8,11,13-15,23H,3-6,9-10H2,1H3,(H,19,20,21)/t13-,14-. The molecule has 1 aliphatic carbocycles. The smallest absolute Gasteiger partial charge is 0.137 e. The Kier molecular flexibility index (Phi) is 3.91. The van der Waals surface area contributed by atoms with Crippen molar-refractivity contribution in [3.63, 3.8) is 0 Å². The van der Waals surface area contributed by atoms with Crippen LogP contribution in [0.25, 0.3) is 10.9 Å². The SMILES string of the molecule is Cc1ccc2ncnc(N[C@H]3CC[C@H](N4CC(O)C4)CC3)c2c1. The summed E-state index contributed by atoms with van der Waals surface area (Å²) in [5.74, 6) is 0.960. The lowest BCUT2D eigenvalue weighted by Gasteiger charge is -2.44. The van der Waals surface area contributed by atoms with Crippen molar-refractivity contribution in [3.05, 3.63) is 30.1 Å². The molecule has 1 aromatic heterocycles. The molecule has 0 unspecified atom stereocenters. The number of benzene rings is 1. The maximum Gasteiger partial charge on any atom is 0.137 e. The van der Waals surface area contributed by atoms with Crippen molar-refractivity contribution in [2.75, 3.05) is 18.4 Å². The van der Waals surface area contributed by atoms with Crippen LogP contribution in [-0.2, 0) is 0 Å². The lowest BCUT2D eigenvalue weighted by Crippen LogP contribution is -2.56. The minimum absolute atomic E-state index is 0.0959. The largest absolute Gasteiger partial charge is 0.390 e. The minimum Gasteiger partial charge on any atom is -0.390 e. The number of rotatable bonds is 3. The van der Waals surface area contributed by atoms with E-state index in [1.807, 2.05) is 0 Å². The van der Waals surface area contributed by atoms with Crippen molar-refractivity contribution < 1.29 is 5.11 Å². The van der Waals surface area contributed by atoms with Crippen LogP contribution in [0.3, 0.4) is 0 Å². The number of likely N-dealkylation sites (tertiary alicyclic amines) is 1. The molecule has 5 heteroatoms. The molecule has 1 aliphatic heterocycles. The average molecular weight is 312 g/mol. The van der Waals surface area contributed by atoms with Gasteiger partial charge in [-0.2, -0.15) is 0 Å². The summed E-state index contributed by atoms with van der Waals surface area (Å²) in [6, 6.07) is 7.44. The molecule has 0 bridgehead atoms. The molecule has 0 amide bonds. The zero-order valence-electron chi connectivity index (χ0n) is 13.6. The van der Waals surface area contributed by atoms with E-state index in [-0.39, 0.29) is 6.10 Å². The summed E-state index contributed by atoms with van der Waals surface area (Å²) in [5.41, 5.74) is 2.23. The summed E-state index contributed by atoms with van der Waals surface area (Å²) in [7, 11) is 0. The summed E-state index contributed by atoms with van der Waals surface area (Å²) in [6.07, 6.45) is 6.27. The van der Waals surface area contributed by atoms with Gasteiger partial charge in [-0.3, -0.25) is 4.90 Å². The highest BCUT2D eigenvalue weighted by atomic mass is 16.3. The molecule has 5 nitrogen and oxygen atoms in total. The lowest BCUT2D eigenvalue weighted by molar-refractivity contribution is -0.0337. The molecule has 1 saturated heterocycles. The van der Waals surface area contributed by atoms with Gasteiger partial charge in [-0.15, -0.1) is 0 Å². The van der Waals surface area contributed by atoms with Gasteiger partial charge in [0.25, 0.3) is 0 Å². The Morgan fingerprint density at radius 1 is 1.13 bits per heavy atom. The van der Waals surface area contributed by atoms with Crippen LogP contribution in [0.4, 0.5) is 5.82 Å². The zero-order valence-corrected chi connectivity index (χ0v) is 13.6. The molecule has 4 rings (SSSR count). The van der Waals surface area contributed by atoms with Gasteiger partial charge < -0.3 is 10.4 Å². The molecule has 0 spiro atoms. The first-order valence-electron chi connectivity index (χ1n) is 8.59. The molecule has 2 aliphatic rings. The summed E-state index contributed by atoms with van der Waals surface area (Å²) in [4.78, 5) is 11.2. The van der Waals surface area contributed by atoms with Crippen molar-refractivity contribution in [1.29, 1.82) is 0 Å². The predicted octanol–water partition coefficient (Wildman–Crippen LogP) is 2.34. The minimum atomic E-state index is -0.0959. The van der Waals surface area contributed by atoms with E-state index in [1.165, 1.54) is 18.4 Å². The van der Waals surface area contributed by atoms with Crippen molar-refractivity contribution in [1.82, 2.24) is 14.9 Å². The third-order valence-electron chi connectivity index (χ3n) is 5.24. The number of aliphatic hydroxyl groups excluding tert-OH is 1. The number of fused-ring (bicyclic) bond motifs is 1. The predicted molar refractivity (Wildman–Crippen MR) is 91.5 cm³/mol. The summed E-state index contributed by atoms with van der Waals surface area (Å²) in [5, 5.41) is 14.2. The monoisotopic (exact) mass is 312 g/mol. The Hall–Kier alpha value is -1.72. The van der Waals surface area contributed by atoms with Gasteiger partial charge >= 0.3 is 0 Å². The first kappa shape index (κ1) is 14.8. The van der Waals surface area contributed by atoms with Crippen LogP contribution in [0.1, 0.15) is 31.2 Å². The quantitative estimate of drug-likeness (QED) is 0.911. The summed E-state index contributed by atoms with van der Waals surface area (Å²) in [6.45, 7) is 3.82. The number of β-amino-alcohol motifs (C(OH)–C–C–N with tert-alkyl or cyclic N) is 1. The normalized spacial score (nSPS) is 26.2. The number of hydrogen-bond donors (Lipinski definition) is 2. The van der Waals surface area contributed by atoms with E-state index in [0.29, 0.717) is 12.1 Å². The van der Waals surface area contributed by atoms with E-state index in [0.717, 1.165) is 42.7 Å². The molecule has 122 valence electrons. The molecule has 2 fully saturated rings. The fourth-order valence-electron chi connectivity index (χ4n) is 3.85. The van der Waals surface area contributed by atoms with Gasteiger partial charge in [0.05, 0.1) is 11.6 Å². The number of nitrogens with one attached hydrogen (secondary N) is 1. The van der Waals surface area contributed by atoms with E-state index in [4.69, 9.17) is 0 Å². The third-order valence-corrected chi connectivity index (χ3v) is 5.24. The van der Waals surface area contributed by atoms with Crippen LogP contribution < -0.4 is 5.32 Å². The van der Waals surface area contributed by atoms with Gasteiger partial charge in [-0.1, -0.05) is 11.6 Å². The van der Waals surface area contributed by atoms with Gasteiger partial charge in [-0.25, -0.2) is 9.97 Å². The molecule has 1 aromatic carbocycles. The Labute approximate surface area is 136 Å². The number of nitrogens with zero attached hydrogens (tertiary/aromatic N) is 3. The lowest BCUT2D eigenvalue weighted by atomic mass is 9.88. The Bertz CT molecular complexity index is 690. The van der Waals surface area contributed by atoms with Crippen LogP contribution in [0.15, 0.2) is 24.5 Å². The Balaban J connectivity index is 1.42. The maximum absolute atomic E-state index is 9.45. The maximum atomic E-state index is 9.45. The summed E-state index contributed by atoms with van der Waals surface area (Å²) < 4.78 is 0. The van der Waals surface area contributed by atoms with Crippen LogP contribution in [-0.4, -0.2) is 51.3 Å². The molecule has 23 heavy (non-hydrogen) atoms. The molecular weight excluding hydrogens is 288 g/mol. The van der Waals surface area contributed by atoms with E-state index in [9.17, 15) is 5.11 Å². The number of aryl methyl sites for hydroxylation is 1. The van der Waals surface area contributed by atoms with E-state index in [2.05, 4.69) is 45.3 Å². The topological polar surface area (TPSA) is 61.3 Å². The zero-order chi connectivity index (χ0) is 15.8. The first-order valence-corrected chi connectivity index (χ1v) is 8.59. The number of aromatic nitrogens is 2. The highest BCUT2D eigenvalue weighted by Crippen LogP contribution is 2.29. The molecule has 2 N–H and O–H groups in total. The van der Waals surface area contributed by atoms with Crippen LogP contribution >= 0.6 is 0 Å². The van der Waals surface area contributed by atoms with Gasteiger partial charge in [0, 0.05) is 30.6 Å². The second-order valence-corrected chi connectivity index (χ2v) is 7.00. The fraction of sp³-hybridized carbons (Fsp3) is 0.556. The third kappa shape index (κ3) is 3.03. The van der Waals surface area contributed by atoms with Gasteiger partial charge in [-0.05, 0) is 44.7 Å². The molecule has 2 heterocycles. The van der Waals surface area contributed by atoms with Crippen molar-refractivity contribution in [3.8, 4) is 0 Å². The number of anilines is 1. The number of hydrogen-bond acceptors (Lipinski definition) is 5. The molecule has 0 atom stereocenters. The fourth-order valence-corrected chi connectivity index (χ4v) is 3.85. The van der Waals surface area contributed by atoms with Crippen molar-refractivity contribution >= 4 is 16.7 Å². The van der Waals surface area contributed by atoms with E-state index >= 15 is 0 Å². The van der Waals surface area contributed by atoms with E-state index < -0.39 is 0 Å². The van der Waals surface area contributed by atoms with Crippen LogP contribution in [0.5, 0.6) is 0 Å². The van der Waals surface area contributed by atoms with Crippen molar-refractivity contribution in [2.45, 2.75) is 50.8 Å². The second kappa shape index (κ2) is 6.06. The Morgan fingerprint density at radius 2 is 1.91 bits per heavy atom. The van der Waals surface area contributed by atoms with Gasteiger partial charge in [0.15, 0.2) is 0 Å². The highest BCUT2D eigenvalue weighted by molar-refractivity contribution is 5.89. The van der Waals surface area contributed by atoms with Crippen LogP contribution in [0.2, 0.25) is 0 Å². The average Bonchev–Trinajstić information content (AvgIpc) is 2.53. The Morgan fingerprint density at radius 3 is 2.65 bits per heavy atom. The van der Waals surface area contributed by atoms with Crippen LogP contribution in [0, 0.1) is 6.92 Å². The molecule has 1 saturated carbocycles. The summed E-state index contributed by atoms with van der Waals surface area (Å²) >= 11 is 0. The van der Waals surface area contributed by atoms with Gasteiger partial charge in [0.1, 0.15) is 12.1 Å². The van der Waals surface area contributed by atoms with Crippen molar-refractivity contribution in [2.24, 2.45) is 0 Å².